The number of rotatable bonds is 7. The van der Waals surface area contributed by atoms with Crippen LogP contribution in [0.4, 0.5) is 14.5 Å². The topological polar surface area (TPSA) is 79.4 Å². The minimum Gasteiger partial charge on any atom is -0.352 e. The van der Waals surface area contributed by atoms with E-state index in [1.807, 2.05) is 0 Å². The Labute approximate surface area is 144 Å². The standard InChI is InChI=1S/C16H17F2N3O3S/c1-25(23,24)21(13-4-5-14(17)15(18)9-13)8-6-16(22)20-11-12-3-2-7-19-10-12/h2-5,7,9-10H,6,8,11H2,1H3,(H,20,22). The number of carbonyl (C=O) groups is 1. The van der Waals surface area contributed by atoms with E-state index in [1.165, 1.54) is 0 Å². The Hall–Kier alpha value is -2.55. The average Bonchev–Trinajstić information content (AvgIpc) is 2.56. The predicted octanol–water partition coefficient (Wildman–Crippen LogP) is 1.83. The summed E-state index contributed by atoms with van der Waals surface area (Å²) in [7, 11) is -3.76. The summed E-state index contributed by atoms with van der Waals surface area (Å²) >= 11 is 0. The molecule has 0 radical (unpaired) electrons. The van der Waals surface area contributed by atoms with Gasteiger partial charge in [0.15, 0.2) is 11.6 Å². The molecule has 9 heteroatoms. The van der Waals surface area contributed by atoms with Gasteiger partial charge >= 0.3 is 0 Å². The third-order valence-corrected chi connectivity index (χ3v) is 4.54. The maximum Gasteiger partial charge on any atom is 0.232 e. The van der Waals surface area contributed by atoms with Crippen molar-refractivity contribution in [3.63, 3.8) is 0 Å². The summed E-state index contributed by atoms with van der Waals surface area (Å²) in [4.78, 5) is 15.8. The van der Waals surface area contributed by atoms with E-state index in [2.05, 4.69) is 10.3 Å². The summed E-state index contributed by atoms with van der Waals surface area (Å²) in [6.45, 7) is 0.0690. The lowest BCUT2D eigenvalue weighted by atomic mass is 10.2. The zero-order valence-corrected chi connectivity index (χ0v) is 14.3. The number of anilines is 1. The minimum atomic E-state index is -3.76. The zero-order valence-electron chi connectivity index (χ0n) is 13.4. The lowest BCUT2D eigenvalue weighted by molar-refractivity contribution is -0.121. The quantitative estimate of drug-likeness (QED) is 0.808. The molecule has 0 spiro atoms. The largest absolute Gasteiger partial charge is 0.352 e. The highest BCUT2D eigenvalue weighted by molar-refractivity contribution is 7.92. The number of halogens is 2. The summed E-state index contributed by atoms with van der Waals surface area (Å²) in [5.41, 5.74) is 0.762. The Bertz CT molecular complexity index is 845. The van der Waals surface area contributed by atoms with Gasteiger partial charge in [0.05, 0.1) is 11.9 Å². The number of nitrogens with zero attached hydrogens (tertiary/aromatic N) is 2. The lowest BCUT2D eigenvalue weighted by Crippen LogP contribution is -2.34. The second-order valence-corrected chi connectivity index (χ2v) is 7.23. The van der Waals surface area contributed by atoms with E-state index in [0.717, 1.165) is 34.3 Å². The van der Waals surface area contributed by atoms with Gasteiger partial charge < -0.3 is 5.32 Å². The van der Waals surface area contributed by atoms with Crippen molar-refractivity contribution in [3.8, 4) is 0 Å². The van der Waals surface area contributed by atoms with E-state index in [0.29, 0.717) is 0 Å². The highest BCUT2D eigenvalue weighted by atomic mass is 32.2. The number of nitrogens with one attached hydrogen (secondary N) is 1. The van der Waals surface area contributed by atoms with Gasteiger partial charge in [0, 0.05) is 38.0 Å². The van der Waals surface area contributed by atoms with Crippen LogP contribution in [0.1, 0.15) is 12.0 Å². The number of hydrogen-bond acceptors (Lipinski definition) is 4. The van der Waals surface area contributed by atoms with Crippen LogP contribution in [0, 0.1) is 11.6 Å². The molecule has 0 bridgehead atoms. The molecule has 25 heavy (non-hydrogen) atoms. The van der Waals surface area contributed by atoms with Crippen LogP contribution < -0.4 is 9.62 Å². The van der Waals surface area contributed by atoms with Crippen molar-refractivity contribution in [2.75, 3.05) is 17.1 Å². The highest BCUT2D eigenvalue weighted by Crippen LogP contribution is 2.20. The smallest absolute Gasteiger partial charge is 0.232 e. The molecule has 0 aliphatic heterocycles. The van der Waals surface area contributed by atoms with E-state index in [-0.39, 0.29) is 31.1 Å². The van der Waals surface area contributed by atoms with E-state index >= 15 is 0 Å². The van der Waals surface area contributed by atoms with Gasteiger partial charge in [-0.05, 0) is 23.8 Å². The number of hydrogen-bond donors (Lipinski definition) is 1. The minimum absolute atomic E-state index is 0.0403. The third kappa shape index (κ3) is 5.49. The van der Waals surface area contributed by atoms with Crippen molar-refractivity contribution in [2.24, 2.45) is 0 Å². The zero-order chi connectivity index (χ0) is 18.4. The Morgan fingerprint density at radius 3 is 2.60 bits per heavy atom. The molecule has 0 unspecified atom stereocenters. The number of aromatic nitrogens is 1. The van der Waals surface area contributed by atoms with E-state index < -0.39 is 21.7 Å². The van der Waals surface area contributed by atoms with Crippen LogP contribution in [-0.4, -0.2) is 32.1 Å². The molecule has 0 saturated carbocycles. The fourth-order valence-electron chi connectivity index (χ4n) is 2.12. The molecular weight excluding hydrogens is 352 g/mol. The summed E-state index contributed by atoms with van der Waals surface area (Å²) in [5.74, 6) is -2.61. The third-order valence-electron chi connectivity index (χ3n) is 3.35. The molecule has 0 aliphatic rings. The first-order valence-electron chi connectivity index (χ1n) is 7.36. The van der Waals surface area contributed by atoms with Crippen molar-refractivity contribution in [3.05, 3.63) is 59.9 Å². The molecular formula is C16H17F2N3O3S. The van der Waals surface area contributed by atoms with E-state index in [9.17, 15) is 22.0 Å². The van der Waals surface area contributed by atoms with Gasteiger partial charge in [-0.1, -0.05) is 6.07 Å². The lowest BCUT2D eigenvalue weighted by Gasteiger charge is -2.22. The maximum absolute atomic E-state index is 13.4. The number of sulfonamides is 1. The maximum atomic E-state index is 13.4. The van der Waals surface area contributed by atoms with Crippen molar-refractivity contribution in [1.82, 2.24) is 10.3 Å². The van der Waals surface area contributed by atoms with Gasteiger partial charge in [-0.15, -0.1) is 0 Å². The summed E-state index contributed by atoms with van der Waals surface area (Å²) in [5, 5.41) is 2.64. The molecule has 2 aromatic rings. The molecule has 0 atom stereocenters. The normalized spacial score (nSPS) is 11.2. The summed E-state index contributed by atoms with van der Waals surface area (Å²) < 4.78 is 51.0. The van der Waals surface area contributed by atoms with Gasteiger partial charge in [-0.2, -0.15) is 0 Å². The van der Waals surface area contributed by atoms with Crippen LogP contribution in [0.5, 0.6) is 0 Å². The van der Waals surface area contributed by atoms with Gasteiger partial charge in [0.1, 0.15) is 0 Å². The first-order chi connectivity index (χ1) is 11.8. The first-order valence-corrected chi connectivity index (χ1v) is 9.20. The second kappa shape index (κ2) is 8.02. The molecule has 6 nitrogen and oxygen atoms in total. The molecule has 0 fully saturated rings. The Balaban J connectivity index is 2.00. The molecule has 1 amide bonds. The van der Waals surface area contributed by atoms with Crippen molar-refractivity contribution >= 4 is 21.6 Å². The van der Waals surface area contributed by atoms with Crippen LogP contribution >= 0.6 is 0 Å². The number of benzene rings is 1. The number of amides is 1. The van der Waals surface area contributed by atoms with Crippen LogP contribution in [0.2, 0.25) is 0 Å². The van der Waals surface area contributed by atoms with Crippen molar-refractivity contribution < 1.29 is 22.0 Å². The number of pyridine rings is 1. The van der Waals surface area contributed by atoms with Crippen LogP contribution in [0.15, 0.2) is 42.7 Å². The predicted molar refractivity (Wildman–Crippen MR) is 89.2 cm³/mol. The number of carbonyl (C=O) groups excluding carboxylic acids is 1. The van der Waals surface area contributed by atoms with Crippen molar-refractivity contribution in [2.45, 2.75) is 13.0 Å². The van der Waals surface area contributed by atoms with E-state index in [4.69, 9.17) is 0 Å². The summed E-state index contributed by atoms with van der Waals surface area (Å²) in [6, 6.07) is 6.29. The Morgan fingerprint density at radius 1 is 1.24 bits per heavy atom. The van der Waals surface area contributed by atoms with Gasteiger partial charge in [-0.3, -0.25) is 14.1 Å². The second-order valence-electron chi connectivity index (χ2n) is 5.32. The van der Waals surface area contributed by atoms with Gasteiger partial charge in [-0.25, -0.2) is 17.2 Å². The molecule has 1 aromatic carbocycles. The molecule has 1 heterocycles. The van der Waals surface area contributed by atoms with E-state index in [1.54, 1.807) is 24.5 Å². The fourth-order valence-corrected chi connectivity index (χ4v) is 3.04. The molecule has 1 N–H and O–H groups in total. The average molecular weight is 369 g/mol. The molecule has 1 aromatic heterocycles. The van der Waals surface area contributed by atoms with Gasteiger partial charge in [0.2, 0.25) is 15.9 Å². The fraction of sp³-hybridized carbons (Fsp3) is 0.250. The van der Waals surface area contributed by atoms with Crippen LogP contribution in [-0.2, 0) is 21.4 Å². The molecule has 134 valence electrons. The Kier molecular flexibility index (Phi) is 6.02. The molecule has 0 aliphatic carbocycles. The van der Waals surface area contributed by atoms with Crippen molar-refractivity contribution in [1.29, 1.82) is 0 Å². The summed E-state index contributed by atoms with van der Waals surface area (Å²) in [6.07, 6.45) is 4.01. The first kappa shape index (κ1) is 18.8. The Morgan fingerprint density at radius 2 is 2.00 bits per heavy atom. The monoisotopic (exact) mass is 369 g/mol. The highest BCUT2D eigenvalue weighted by Gasteiger charge is 2.20. The van der Waals surface area contributed by atoms with Crippen LogP contribution in [0.25, 0.3) is 0 Å². The SMILES string of the molecule is CS(=O)(=O)N(CCC(=O)NCc1cccnc1)c1ccc(F)c(F)c1. The van der Waals surface area contributed by atoms with Gasteiger partial charge in [0.25, 0.3) is 0 Å². The van der Waals surface area contributed by atoms with Crippen LogP contribution in [0.3, 0.4) is 0 Å². The molecule has 2 rings (SSSR count). The molecule has 0 saturated heterocycles.